The Hall–Kier alpha value is -3.71. The molecule has 0 spiro atoms. The maximum atomic E-state index is 13.7. The van der Waals surface area contributed by atoms with Crippen molar-refractivity contribution in [3.05, 3.63) is 95.1 Å². The Bertz CT molecular complexity index is 1210. The molecule has 33 heavy (non-hydrogen) atoms. The fraction of sp³-hybridized carbons (Fsp3) is 0.192. The fourth-order valence-corrected chi connectivity index (χ4v) is 4.43. The molecule has 0 aliphatic heterocycles. The van der Waals surface area contributed by atoms with Gasteiger partial charge in [-0.25, -0.2) is 4.79 Å². The number of hydrogen-bond donors (Lipinski definition) is 3. The Morgan fingerprint density at radius 2 is 1.64 bits per heavy atom. The van der Waals surface area contributed by atoms with Gasteiger partial charge in [0.15, 0.2) is 5.11 Å². The van der Waals surface area contributed by atoms with Gasteiger partial charge in [0, 0.05) is 11.4 Å². The van der Waals surface area contributed by atoms with Gasteiger partial charge in [0.05, 0.1) is 12.7 Å². The van der Waals surface area contributed by atoms with Crippen molar-refractivity contribution in [1.29, 1.82) is 0 Å². The second-order valence-electron chi connectivity index (χ2n) is 7.98. The predicted molar refractivity (Wildman–Crippen MR) is 133 cm³/mol. The van der Waals surface area contributed by atoms with Gasteiger partial charge in [-0.2, -0.15) is 0 Å². The highest BCUT2D eigenvalue weighted by Crippen LogP contribution is 2.38. The number of amides is 1. The van der Waals surface area contributed by atoms with E-state index in [0.29, 0.717) is 22.8 Å². The molecule has 0 radical (unpaired) electrons. The van der Waals surface area contributed by atoms with Crippen molar-refractivity contribution in [2.75, 3.05) is 17.7 Å². The quantitative estimate of drug-likeness (QED) is 0.384. The number of para-hydroxylation sites is 1. The number of methoxy groups -OCH3 is 1. The van der Waals surface area contributed by atoms with E-state index < -0.39 is 11.5 Å². The lowest BCUT2D eigenvalue weighted by atomic mass is 9.90. The van der Waals surface area contributed by atoms with Crippen molar-refractivity contribution in [2.24, 2.45) is 0 Å². The third kappa shape index (κ3) is 4.59. The van der Waals surface area contributed by atoms with E-state index in [4.69, 9.17) is 17.0 Å². The smallest absolute Gasteiger partial charge is 0.337 e. The average molecular weight is 460 g/mol. The molecule has 0 bridgehead atoms. The fourth-order valence-electron chi connectivity index (χ4n) is 4.14. The summed E-state index contributed by atoms with van der Waals surface area (Å²) in [5.74, 6) is -0.566. The predicted octanol–water partition coefficient (Wildman–Crippen LogP) is 4.55. The zero-order chi connectivity index (χ0) is 23.4. The van der Waals surface area contributed by atoms with E-state index in [1.807, 2.05) is 55.5 Å². The Labute approximate surface area is 198 Å². The molecule has 6 nitrogen and oxygen atoms in total. The molecular weight excluding hydrogens is 434 g/mol. The summed E-state index contributed by atoms with van der Waals surface area (Å²) in [7, 11) is 1.34. The van der Waals surface area contributed by atoms with Crippen LogP contribution < -0.4 is 16.0 Å². The Morgan fingerprint density at radius 3 is 2.36 bits per heavy atom. The van der Waals surface area contributed by atoms with Crippen molar-refractivity contribution in [2.45, 2.75) is 25.3 Å². The van der Waals surface area contributed by atoms with Gasteiger partial charge in [-0.3, -0.25) is 4.79 Å². The van der Waals surface area contributed by atoms with Crippen LogP contribution in [0.2, 0.25) is 0 Å². The van der Waals surface area contributed by atoms with Crippen LogP contribution in [0.5, 0.6) is 0 Å². The van der Waals surface area contributed by atoms with Crippen LogP contribution in [0.25, 0.3) is 0 Å². The highest BCUT2D eigenvalue weighted by Gasteiger charge is 2.46. The topological polar surface area (TPSA) is 79.5 Å². The Morgan fingerprint density at radius 1 is 0.939 bits per heavy atom. The molecule has 168 valence electrons. The van der Waals surface area contributed by atoms with Crippen molar-refractivity contribution in [3.63, 3.8) is 0 Å². The minimum Gasteiger partial charge on any atom is -0.465 e. The number of carbonyl (C=O) groups excluding carboxylic acids is 2. The average Bonchev–Trinajstić information content (AvgIpc) is 3.20. The number of anilines is 2. The van der Waals surface area contributed by atoms with E-state index in [1.54, 1.807) is 24.3 Å². The minimum atomic E-state index is -1.01. The molecular formula is C26H25N3O3S. The van der Waals surface area contributed by atoms with Gasteiger partial charge in [0.25, 0.3) is 5.91 Å². The number of rotatable bonds is 5. The van der Waals surface area contributed by atoms with E-state index in [-0.39, 0.29) is 5.91 Å². The summed E-state index contributed by atoms with van der Waals surface area (Å²) in [6.45, 7) is 1.96. The number of ether oxygens (including phenoxy) is 1. The third-order valence-corrected chi connectivity index (χ3v) is 6.12. The first kappa shape index (κ1) is 22.5. The number of aryl methyl sites for hydroxylation is 2. The summed E-state index contributed by atoms with van der Waals surface area (Å²) in [6.07, 6.45) is 1.34. The lowest BCUT2D eigenvalue weighted by Crippen LogP contribution is -2.54. The molecule has 0 aromatic heterocycles. The largest absolute Gasteiger partial charge is 0.465 e. The van der Waals surface area contributed by atoms with Gasteiger partial charge in [0.1, 0.15) is 5.54 Å². The van der Waals surface area contributed by atoms with Gasteiger partial charge >= 0.3 is 5.97 Å². The van der Waals surface area contributed by atoms with Crippen molar-refractivity contribution < 1.29 is 14.3 Å². The summed E-state index contributed by atoms with van der Waals surface area (Å²) < 4.78 is 4.73. The molecule has 0 saturated carbocycles. The summed E-state index contributed by atoms with van der Waals surface area (Å²) >= 11 is 5.60. The van der Waals surface area contributed by atoms with Crippen LogP contribution in [0.3, 0.4) is 0 Å². The molecule has 3 aromatic carbocycles. The van der Waals surface area contributed by atoms with Crippen molar-refractivity contribution in [3.8, 4) is 0 Å². The first-order valence-corrected chi connectivity index (χ1v) is 11.1. The monoisotopic (exact) mass is 459 g/mol. The number of hydrogen-bond acceptors (Lipinski definition) is 4. The normalized spacial score (nSPS) is 16.4. The van der Waals surface area contributed by atoms with Gasteiger partial charge in [0.2, 0.25) is 0 Å². The molecule has 1 unspecified atom stereocenters. The summed E-state index contributed by atoms with van der Waals surface area (Å²) in [5.41, 5.74) is 3.93. The maximum Gasteiger partial charge on any atom is 0.337 e. The van der Waals surface area contributed by atoms with E-state index in [1.165, 1.54) is 7.11 Å². The molecule has 0 saturated heterocycles. The number of fused-ring (bicyclic) bond motifs is 1. The number of benzene rings is 3. The Balaban J connectivity index is 1.58. The maximum absolute atomic E-state index is 13.7. The minimum absolute atomic E-state index is 0.160. The van der Waals surface area contributed by atoms with E-state index in [2.05, 4.69) is 16.0 Å². The van der Waals surface area contributed by atoms with Crippen molar-refractivity contribution in [1.82, 2.24) is 5.32 Å². The van der Waals surface area contributed by atoms with E-state index in [0.717, 1.165) is 28.8 Å². The van der Waals surface area contributed by atoms with Crippen LogP contribution in [-0.2, 0) is 21.5 Å². The summed E-state index contributed by atoms with van der Waals surface area (Å²) in [5, 5.41) is 9.83. The first-order valence-electron chi connectivity index (χ1n) is 10.7. The molecule has 3 aromatic rings. The van der Waals surface area contributed by atoms with E-state index >= 15 is 0 Å². The summed E-state index contributed by atoms with van der Waals surface area (Å²) in [6, 6.07) is 22.4. The third-order valence-electron chi connectivity index (χ3n) is 5.92. The lowest BCUT2D eigenvalue weighted by Gasteiger charge is -2.32. The molecule has 0 heterocycles. The SMILES string of the molecule is COC(=O)c1ccc(NC(=S)NC2(C(=O)Nc3ccccc3C)CCc3ccccc32)cc1. The van der Waals surface area contributed by atoms with Crippen LogP contribution >= 0.6 is 12.2 Å². The zero-order valence-electron chi connectivity index (χ0n) is 18.5. The highest BCUT2D eigenvalue weighted by atomic mass is 32.1. The Kier molecular flexibility index (Phi) is 6.42. The second kappa shape index (κ2) is 9.42. The number of esters is 1. The zero-order valence-corrected chi connectivity index (χ0v) is 19.3. The van der Waals surface area contributed by atoms with Gasteiger partial charge in [-0.1, -0.05) is 42.5 Å². The molecule has 1 aliphatic carbocycles. The van der Waals surface area contributed by atoms with Gasteiger partial charge in [-0.05, 0) is 79.0 Å². The first-order chi connectivity index (χ1) is 15.9. The highest BCUT2D eigenvalue weighted by molar-refractivity contribution is 7.80. The molecule has 4 rings (SSSR count). The molecule has 1 aliphatic rings. The van der Waals surface area contributed by atoms with E-state index in [9.17, 15) is 9.59 Å². The van der Waals surface area contributed by atoms with Crippen LogP contribution in [0.1, 0.15) is 33.5 Å². The molecule has 1 amide bonds. The summed E-state index contributed by atoms with van der Waals surface area (Å²) in [4.78, 5) is 25.3. The molecule has 1 atom stereocenters. The lowest BCUT2D eigenvalue weighted by molar-refractivity contribution is -0.122. The van der Waals surface area contributed by atoms with Crippen LogP contribution in [0, 0.1) is 6.92 Å². The second-order valence-corrected chi connectivity index (χ2v) is 8.39. The number of thiocarbonyl (C=S) groups is 1. The molecule has 3 N–H and O–H groups in total. The van der Waals surface area contributed by atoms with Crippen LogP contribution in [-0.4, -0.2) is 24.1 Å². The van der Waals surface area contributed by atoms with Gasteiger partial charge < -0.3 is 20.7 Å². The number of nitrogens with one attached hydrogen (secondary N) is 3. The standard InChI is InChI=1S/C26H25N3O3S/c1-17-7-3-6-10-22(17)28-24(31)26(16-15-18-8-4-5-9-21(18)26)29-25(33)27-20-13-11-19(12-14-20)23(30)32-2/h3-14H,15-16H2,1-2H3,(H,28,31)(H2,27,29,33). The molecule has 7 heteroatoms. The van der Waals surface area contributed by atoms with Crippen molar-refractivity contribution >= 4 is 40.6 Å². The number of carbonyl (C=O) groups is 2. The van der Waals surface area contributed by atoms with Gasteiger partial charge in [-0.15, -0.1) is 0 Å². The van der Waals surface area contributed by atoms with Crippen LogP contribution in [0.15, 0.2) is 72.8 Å². The van der Waals surface area contributed by atoms with Crippen LogP contribution in [0.4, 0.5) is 11.4 Å². The molecule has 0 fully saturated rings.